The maximum Gasteiger partial charge on any atom is 0.0290 e. The molecule has 0 bridgehead atoms. The Balaban J connectivity index is 2.38. The third-order valence-corrected chi connectivity index (χ3v) is 5.09. The Morgan fingerprint density at radius 2 is 1.82 bits per heavy atom. The molecule has 3 rings (SSSR count). The molecule has 0 nitrogen and oxygen atoms in total. The molecule has 0 spiro atoms. The lowest BCUT2D eigenvalue weighted by Crippen LogP contribution is -2.15. The summed E-state index contributed by atoms with van der Waals surface area (Å²) in [6.45, 7) is 2.19. The molecule has 0 saturated heterocycles. The molecule has 0 amide bonds. The Bertz CT molecular complexity index is 676. The highest BCUT2D eigenvalue weighted by molar-refractivity contribution is 8.10. The van der Waals surface area contributed by atoms with Gasteiger partial charge in [0.05, 0.1) is 0 Å². The zero-order chi connectivity index (χ0) is 12.0. The number of fused-ring (bicyclic) bond motifs is 3. The molecule has 0 aromatic heterocycles. The molecule has 0 aliphatic heterocycles. The highest BCUT2D eigenvalue weighted by Crippen LogP contribution is 2.38. The van der Waals surface area contributed by atoms with E-state index in [1.165, 1.54) is 36.9 Å². The third-order valence-electron chi connectivity index (χ3n) is 3.36. The van der Waals surface area contributed by atoms with Crippen LogP contribution in [0.2, 0.25) is 0 Å². The first kappa shape index (κ1) is 11.2. The van der Waals surface area contributed by atoms with Crippen LogP contribution >= 0.6 is 23.5 Å². The summed E-state index contributed by atoms with van der Waals surface area (Å²) in [4.78, 5) is 2.84. The smallest absolute Gasteiger partial charge is 0.0290 e. The number of allylic oxidation sites excluding steroid dienone is 2. The second-order valence-corrected chi connectivity index (χ2v) is 5.92. The molecule has 0 radical (unpaired) electrons. The normalized spacial score (nSPS) is 16.3. The quantitative estimate of drug-likeness (QED) is 0.799. The lowest BCUT2D eigenvalue weighted by atomic mass is 10.1. The minimum atomic E-state index is 1.37. The SMILES string of the molecule is CSC1=C(SC)c2c3c(ccc2=C1)=C(C)C=C3. The molecule has 1 aromatic carbocycles. The van der Waals surface area contributed by atoms with Gasteiger partial charge in [0.15, 0.2) is 0 Å². The fourth-order valence-corrected chi connectivity index (χ4v) is 4.23. The van der Waals surface area contributed by atoms with E-state index in [4.69, 9.17) is 0 Å². The lowest BCUT2D eigenvalue weighted by Gasteiger charge is -2.07. The topological polar surface area (TPSA) is 0 Å². The van der Waals surface area contributed by atoms with Crippen molar-refractivity contribution in [3.8, 4) is 0 Å². The standard InChI is InChI=1S/C15H14S2/c1-9-4-6-12-11(9)7-5-10-8-13(16-2)15(17-3)14(10)12/h4-8H,1-3H3. The van der Waals surface area contributed by atoms with Crippen LogP contribution in [-0.2, 0) is 0 Å². The van der Waals surface area contributed by atoms with Gasteiger partial charge in [-0.25, -0.2) is 0 Å². The van der Waals surface area contributed by atoms with E-state index in [0.29, 0.717) is 0 Å². The molecule has 0 N–H and O–H groups in total. The number of hydrogen-bond acceptors (Lipinski definition) is 2. The first-order valence-electron chi connectivity index (χ1n) is 5.62. The Labute approximate surface area is 110 Å². The molecular formula is C15H14S2. The van der Waals surface area contributed by atoms with Gasteiger partial charge in [-0.3, -0.25) is 0 Å². The zero-order valence-electron chi connectivity index (χ0n) is 10.2. The average Bonchev–Trinajstić information content (AvgIpc) is 2.89. The van der Waals surface area contributed by atoms with Gasteiger partial charge in [0, 0.05) is 15.4 Å². The van der Waals surface area contributed by atoms with E-state index in [0.717, 1.165) is 0 Å². The van der Waals surface area contributed by atoms with Crippen LogP contribution in [0.1, 0.15) is 18.1 Å². The Hall–Kier alpha value is -0.860. The van der Waals surface area contributed by atoms with Crippen molar-refractivity contribution >= 4 is 46.2 Å². The molecule has 2 aliphatic rings. The summed E-state index contributed by atoms with van der Waals surface area (Å²) in [5, 5.41) is 2.77. The van der Waals surface area contributed by atoms with E-state index in [-0.39, 0.29) is 0 Å². The molecule has 2 aliphatic carbocycles. The molecule has 0 saturated carbocycles. The molecule has 0 atom stereocenters. The van der Waals surface area contributed by atoms with Crippen LogP contribution < -0.4 is 10.4 Å². The van der Waals surface area contributed by atoms with E-state index < -0.39 is 0 Å². The van der Waals surface area contributed by atoms with Gasteiger partial charge < -0.3 is 0 Å². The van der Waals surface area contributed by atoms with Gasteiger partial charge in [-0.2, -0.15) is 0 Å². The van der Waals surface area contributed by atoms with Crippen molar-refractivity contribution < 1.29 is 0 Å². The van der Waals surface area contributed by atoms with Gasteiger partial charge in [0.2, 0.25) is 0 Å². The number of thioether (sulfide) groups is 2. The van der Waals surface area contributed by atoms with Crippen LogP contribution in [0, 0.1) is 0 Å². The number of rotatable bonds is 2. The Morgan fingerprint density at radius 3 is 2.53 bits per heavy atom. The molecule has 0 heterocycles. The summed E-state index contributed by atoms with van der Waals surface area (Å²) in [5.74, 6) is 0. The summed E-state index contributed by atoms with van der Waals surface area (Å²) < 4.78 is 0. The van der Waals surface area contributed by atoms with Crippen molar-refractivity contribution in [2.24, 2.45) is 0 Å². The second-order valence-electron chi connectivity index (χ2n) is 4.25. The van der Waals surface area contributed by atoms with E-state index in [1.54, 1.807) is 0 Å². The Kier molecular flexibility index (Phi) is 2.72. The lowest BCUT2D eigenvalue weighted by molar-refractivity contribution is 1.48. The van der Waals surface area contributed by atoms with Crippen molar-refractivity contribution in [2.45, 2.75) is 6.92 Å². The van der Waals surface area contributed by atoms with E-state index >= 15 is 0 Å². The van der Waals surface area contributed by atoms with Gasteiger partial charge in [-0.1, -0.05) is 24.3 Å². The third kappa shape index (κ3) is 1.54. The predicted octanol–water partition coefficient (Wildman–Crippen LogP) is 3.07. The molecule has 86 valence electrons. The Morgan fingerprint density at radius 1 is 1.00 bits per heavy atom. The van der Waals surface area contributed by atoms with Crippen molar-refractivity contribution in [2.75, 3.05) is 12.5 Å². The van der Waals surface area contributed by atoms with Gasteiger partial charge in [0.25, 0.3) is 0 Å². The minimum Gasteiger partial charge on any atom is -0.128 e. The molecule has 0 fully saturated rings. The summed E-state index contributed by atoms with van der Waals surface area (Å²) in [6.07, 6.45) is 11.1. The second kappa shape index (κ2) is 4.11. The van der Waals surface area contributed by atoms with E-state index in [1.807, 2.05) is 23.5 Å². The molecule has 2 heteroatoms. The first-order chi connectivity index (χ1) is 8.26. The first-order valence-corrected chi connectivity index (χ1v) is 8.07. The highest BCUT2D eigenvalue weighted by Gasteiger charge is 2.19. The fourth-order valence-electron chi connectivity index (χ4n) is 2.51. The summed E-state index contributed by atoms with van der Waals surface area (Å²) in [6, 6.07) is 4.51. The van der Waals surface area contributed by atoms with Gasteiger partial charge >= 0.3 is 0 Å². The van der Waals surface area contributed by atoms with E-state index in [9.17, 15) is 0 Å². The highest BCUT2D eigenvalue weighted by atomic mass is 32.2. The molecule has 0 unspecified atom stereocenters. The summed E-state index contributed by atoms with van der Waals surface area (Å²) in [7, 11) is 0. The number of benzene rings is 1. The maximum absolute atomic E-state index is 2.31. The van der Waals surface area contributed by atoms with Crippen LogP contribution in [0.25, 0.3) is 22.6 Å². The minimum absolute atomic E-state index is 1.37. The molecule has 17 heavy (non-hydrogen) atoms. The summed E-state index contributed by atoms with van der Waals surface area (Å²) in [5.41, 5.74) is 4.22. The van der Waals surface area contributed by atoms with Gasteiger partial charge in [-0.05, 0) is 47.1 Å². The van der Waals surface area contributed by atoms with Gasteiger partial charge in [0.1, 0.15) is 0 Å². The van der Waals surface area contributed by atoms with E-state index in [2.05, 4.69) is 49.8 Å². The van der Waals surface area contributed by atoms with Crippen LogP contribution in [-0.4, -0.2) is 12.5 Å². The van der Waals surface area contributed by atoms with Crippen LogP contribution in [0.4, 0.5) is 0 Å². The van der Waals surface area contributed by atoms with Crippen molar-refractivity contribution in [3.05, 3.63) is 44.7 Å². The number of hydrogen-bond donors (Lipinski definition) is 0. The maximum atomic E-state index is 2.31. The van der Waals surface area contributed by atoms with Crippen LogP contribution in [0.5, 0.6) is 0 Å². The van der Waals surface area contributed by atoms with Crippen molar-refractivity contribution in [3.63, 3.8) is 0 Å². The monoisotopic (exact) mass is 258 g/mol. The van der Waals surface area contributed by atoms with Crippen molar-refractivity contribution in [1.29, 1.82) is 0 Å². The average molecular weight is 258 g/mol. The zero-order valence-corrected chi connectivity index (χ0v) is 11.8. The predicted molar refractivity (Wildman–Crippen MR) is 82.2 cm³/mol. The largest absolute Gasteiger partial charge is 0.128 e. The van der Waals surface area contributed by atoms with Crippen LogP contribution in [0.3, 0.4) is 0 Å². The van der Waals surface area contributed by atoms with Gasteiger partial charge in [-0.15, -0.1) is 23.5 Å². The van der Waals surface area contributed by atoms with Crippen molar-refractivity contribution in [1.82, 2.24) is 0 Å². The molecular weight excluding hydrogens is 244 g/mol. The van der Waals surface area contributed by atoms with Crippen LogP contribution in [0.15, 0.2) is 23.1 Å². The fraction of sp³-hybridized carbons (Fsp3) is 0.200. The summed E-state index contributed by atoms with van der Waals surface area (Å²) >= 11 is 3.70. The molecule has 1 aromatic rings.